The summed E-state index contributed by atoms with van der Waals surface area (Å²) in [6.07, 6.45) is 5.50. The summed E-state index contributed by atoms with van der Waals surface area (Å²) in [5.74, 6) is 0.810. The van der Waals surface area contributed by atoms with Gasteiger partial charge in [0.2, 0.25) is 0 Å². The van der Waals surface area contributed by atoms with Gasteiger partial charge in [-0.05, 0) is 12.1 Å². The van der Waals surface area contributed by atoms with Gasteiger partial charge in [-0.2, -0.15) is 10.3 Å². The number of H-pyrrole nitrogens is 1. The van der Waals surface area contributed by atoms with Crippen molar-refractivity contribution in [3.05, 3.63) is 30.7 Å². The monoisotopic (exact) mass is 170 g/mol. The number of hydrogen-bond acceptors (Lipinski definition) is 2. The predicted octanol–water partition coefficient (Wildman–Crippen LogP) is 1.02. The van der Waals surface area contributed by atoms with Crippen LogP contribution in [0.2, 0.25) is 0 Å². The molecule has 0 fully saturated rings. The molecule has 0 atom stereocenters. The van der Waals surface area contributed by atoms with Gasteiger partial charge in [0.05, 0.1) is 6.20 Å². The lowest BCUT2D eigenvalue weighted by Crippen LogP contribution is -1.88. The lowest BCUT2D eigenvalue weighted by Gasteiger charge is -1.90. The highest BCUT2D eigenvalue weighted by Crippen LogP contribution is 1.99. The standard InChI is InChI=1S/C6H6N4.ClH/c1-2-4-10(3-1)6-5-7-9-8-6;/h1-5H,(H,7,8,9);1H. The molecule has 58 valence electrons. The first kappa shape index (κ1) is 7.81. The second kappa shape index (κ2) is 3.21. The Bertz CT molecular complexity index is 254. The number of aromatic amines is 1. The highest BCUT2D eigenvalue weighted by molar-refractivity contribution is 5.85. The SMILES string of the molecule is Cl.c1ccn(-c2cn[nH]n2)c1. The maximum absolute atomic E-state index is 3.89. The van der Waals surface area contributed by atoms with E-state index in [1.54, 1.807) is 6.20 Å². The molecule has 0 radical (unpaired) electrons. The van der Waals surface area contributed by atoms with Gasteiger partial charge in [0.15, 0.2) is 5.82 Å². The van der Waals surface area contributed by atoms with E-state index in [0.717, 1.165) is 5.82 Å². The Balaban J connectivity index is 0.000000605. The maximum Gasteiger partial charge on any atom is 0.178 e. The van der Waals surface area contributed by atoms with Gasteiger partial charge < -0.3 is 4.57 Å². The minimum Gasteiger partial charge on any atom is -0.306 e. The minimum atomic E-state index is 0. The molecule has 0 unspecified atom stereocenters. The Morgan fingerprint density at radius 2 is 2.00 bits per heavy atom. The van der Waals surface area contributed by atoms with E-state index in [2.05, 4.69) is 15.4 Å². The van der Waals surface area contributed by atoms with Gasteiger partial charge in [0.1, 0.15) is 0 Å². The molecule has 11 heavy (non-hydrogen) atoms. The predicted molar refractivity (Wildman–Crippen MR) is 43.0 cm³/mol. The van der Waals surface area contributed by atoms with Gasteiger partial charge in [-0.3, -0.25) is 0 Å². The number of halogens is 1. The average molecular weight is 171 g/mol. The van der Waals surface area contributed by atoms with Crippen molar-refractivity contribution in [3.63, 3.8) is 0 Å². The summed E-state index contributed by atoms with van der Waals surface area (Å²) >= 11 is 0. The first-order chi connectivity index (χ1) is 4.97. The van der Waals surface area contributed by atoms with Crippen LogP contribution in [0.3, 0.4) is 0 Å². The molecule has 0 bridgehead atoms. The summed E-state index contributed by atoms with van der Waals surface area (Å²) < 4.78 is 1.88. The Kier molecular flexibility index (Phi) is 2.28. The van der Waals surface area contributed by atoms with E-state index >= 15 is 0 Å². The van der Waals surface area contributed by atoms with Crippen molar-refractivity contribution in [1.82, 2.24) is 20.0 Å². The molecule has 0 aliphatic rings. The summed E-state index contributed by atoms with van der Waals surface area (Å²) in [5.41, 5.74) is 0. The van der Waals surface area contributed by atoms with Crippen LogP contribution in [0.5, 0.6) is 0 Å². The first-order valence-electron chi connectivity index (χ1n) is 2.96. The van der Waals surface area contributed by atoms with Gasteiger partial charge in [0, 0.05) is 12.4 Å². The zero-order chi connectivity index (χ0) is 6.81. The highest BCUT2D eigenvalue weighted by Gasteiger charge is 1.93. The fraction of sp³-hybridized carbons (Fsp3) is 0. The molecule has 0 aromatic carbocycles. The molecule has 2 aromatic rings. The highest BCUT2D eigenvalue weighted by atomic mass is 35.5. The summed E-state index contributed by atoms with van der Waals surface area (Å²) in [7, 11) is 0. The lowest BCUT2D eigenvalue weighted by molar-refractivity contribution is 0.909. The molecular formula is C6H7ClN4. The van der Waals surface area contributed by atoms with Gasteiger partial charge in [-0.25, -0.2) is 0 Å². The van der Waals surface area contributed by atoms with Crippen LogP contribution in [-0.2, 0) is 0 Å². The molecule has 0 amide bonds. The molecule has 2 rings (SSSR count). The lowest BCUT2D eigenvalue weighted by atomic mass is 10.7. The molecule has 0 aliphatic heterocycles. The second-order valence-corrected chi connectivity index (χ2v) is 1.92. The molecule has 1 N–H and O–H groups in total. The van der Waals surface area contributed by atoms with Crippen LogP contribution in [0.25, 0.3) is 5.82 Å². The van der Waals surface area contributed by atoms with E-state index in [0.29, 0.717) is 0 Å². The number of nitrogens with one attached hydrogen (secondary N) is 1. The molecular weight excluding hydrogens is 164 g/mol. The van der Waals surface area contributed by atoms with Crippen LogP contribution in [-0.4, -0.2) is 20.0 Å². The Hall–Kier alpha value is -1.29. The minimum absolute atomic E-state index is 0. The number of nitrogens with zero attached hydrogens (tertiary/aromatic N) is 3. The topological polar surface area (TPSA) is 46.5 Å². The van der Waals surface area contributed by atoms with Crippen molar-refractivity contribution in [3.8, 4) is 5.82 Å². The van der Waals surface area contributed by atoms with Crippen molar-refractivity contribution in [2.75, 3.05) is 0 Å². The summed E-state index contributed by atoms with van der Waals surface area (Å²) in [6.45, 7) is 0. The van der Waals surface area contributed by atoms with E-state index < -0.39 is 0 Å². The normalized spacial score (nSPS) is 9.09. The van der Waals surface area contributed by atoms with Crippen molar-refractivity contribution in [2.45, 2.75) is 0 Å². The van der Waals surface area contributed by atoms with Crippen LogP contribution in [0.4, 0.5) is 0 Å². The first-order valence-corrected chi connectivity index (χ1v) is 2.96. The number of hydrogen-bond donors (Lipinski definition) is 1. The van der Waals surface area contributed by atoms with Crippen LogP contribution in [0, 0.1) is 0 Å². The second-order valence-electron chi connectivity index (χ2n) is 1.92. The van der Waals surface area contributed by atoms with Crippen molar-refractivity contribution < 1.29 is 0 Å². The van der Waals surface area contributed by atoms with Crippen LogP contribution >= 0.6 is 12.4 Å². The zero-order valence-corrected chi connectivity index (χ0v) is 6.45. The molecule has 0 saturated carbocycles. The Morgan fingerprint density at radius 1 is 1.27 bits per heavy atom. The third-order valence-electron chi connectivity index (χ3n) is 1.27. The van der Waals surface area contributed by atoms with Crippen LogP contribution in [0.15, 0.2) is 30.7 Å². The van der Waals surface area contributed by atoms with E-state index in [9.17, 15) is 0 Å². The third-order valence-corrected chi connectivity index (χ3v) is 1.27. The summed E-state index contributed by atoms with van der Waals surface area (Å²) in [5, 5.41) is 10.1. The molecule has 0 saturated heterocycles. The van der Waals surface area contributed by atoms with Crippen molar-refractivity contribution in [1.29, 1.82) is 0 Å². The average Bonchev–Trinajstić information content (AvgIpc) is 2.59. The zero-order valence-electron chi connectivity index (χ0n) is 5.64. The van der Waals surface area contributed by atoms with E-state index in [1.165, 1.54) is 0 Å². The quantitative estimate of drug-likeness (QED) is 0.695. The smallest absolute Gasteiger partial charge is 0.178 e. The fourth-order valence-electron chi connectivity index (χ4n) is 0.807. The Labute approximate surface area is 69.6 Å². The largest absolute Gasteiger partial charge is 0.306 e. The van der Waals surface area contributed by atoms with E-state index in [-0.39, 0.29) is 12.4 Å². The van der Waals surface area contributed by atoms with Gasteiger partial charge in [-0.15, -0.1) is 17.5 Å². The molecule has 2 aromatic heterocycles. The Morgan fingerprint density at radius 3 is 2.55 bits per heavy atom. The van der Waals surface area contributed by atoms with Crippen LogP contribution < -0.4 is 0 Å². The van der Waals surface area contributed by atoms with E-state index in [1.807, 2.05) is 29.1 Å². The summed E-state index contributed by atoms with van der Waals surface area (Å²) in [6, 6.07) is 3.88. The number of aromatic nitrogens is 4. The maximum atomic E-state index is 3.89. The van der Waals surface area contributed by atoms with Crippen molar-refractivity contribution >= 4 is 12.4 Å². The van der Waals surface area contributed by atoms with Gasteiger partial charge in [-0.1, -0.05) is 0 Å². The fourth-order valence-corrected chi connectivity index (χ4v) is 0.807. The molecule has 5 heteroatoms. The molecule has 0 aliphatic carbocycles. The van der Waals surface area contributed by atoms with Crippen molar-refractivity contribution in [2.24, 2.45) is 0 Å². The van der Waals surface area contributed by atoms with Gasteiger partial charge in [0.25, 0.3) is 0 Å². The third kappa shape index (κ3) is 1.40. The number of rotatable bonds is 1. The summed E-state index contributed by atoms with van der Waals surface area (Å²) in [4.78, 5) is 0. The molecule has 0 spiro atoms. The molecule has 2 heterocycles. The van der Waals surface area contributed by atoms with E-state index in [4.69, 9.17) is 0 Å². The van der Waals surface area contributed by atoms with Crippen LogP contribution in [0.1, 0.15) is 0 Å². The molecule has 4 nitrogen and oxygen atoms in total. The van der Waals surface area contributed by atoms with Gasteiger partial charge >= 0.3 is 0 Å².